The summed E-state index contributed by atoms with van der Waals surface area (Å²) in [6.45, 7) is 4.38. The summed E-state index contributed by atoms with van der Waals surface area (Å²) in [6, 6.07) is 18.4. The van der Waals surface area contributed by atoms with Crippen LogP contribution in [-0.2, 0) is 0 Å². The molecule has 0 atom stereocenters. The molecular formula is C42H39N3O4. The van der Waals surface area contributed by atoms with Crippen molar-refractivity contribution in [3.8, 4) is 0 Å². The average Bonchev–Trinajstić information content (AvgIpc) is 3.12. The van der Waals surface area contributed by atoms with E-state index >= 15 is 0 Å². The van der Waals surface area contributed by atoms with E-state index in [1.165, 1.54) is 4.90 Å². The largest absolute Gasteiger partial charge is 0.271 e. The molecule has 0 fully saturated rings. The van der Waals surface area contributed by atoms with Gasteiger partial charge in [-0.3, -0.25) is 29.1 Å². The van der Waals surface area contributed by atoms with Gasteiger partial charge in [-0.25, -0.2) is 4.90 Å². The Morgan fingerprint density at radius 1 is 0.490 bits per heavy atom. The Morgan fingerprint density at radius 3 is 1.31 bits per heavy atom. The van der Waals surface area contributed by atoms with E-state index in [0.29, 0.717) is 38.7 Å². The van der Waals surface area contributed by atoms with Crippen LogP contribution in [0.2, 0.25) is 0 Å². The highest BCUT2D eigenvalue weighted by atomic mass is 16.2. The lowest BCUT2D eigenvalue weighted by molar-refractivity contribution is 0.0516. The number of imide groups is 2. The molecule has 3 heterocycles. The highest BCUT2D eigenvalue weighted by Crippen LogP contribution is 2.47. The highest BCUT2D eigenvalue weighted by molar-refractivity contribution is 6.43. The van der Waals surface area contributed by atoms with Gasteiger partial charge in [-0.1, -0.05) is 89.5 Å². The van der Waals surface area contributed by atoms with Crippen molar-refractivity contribution in [1.82, 2.24) is 9.88 Å². The lowest BCUT2D eigenvalue weighted by Crippen LogP contribution is -2.47. The summed E-state index contributed by atoms with van der Waals surface area (Å²) in [5.74, 6) is -1.17. The van der Waals surface area contributed by atoms with Crippen molar-refractivity contribution in [3.05, 3.63) is 95.3 Å². The minimum Gasteiger partial charge on any atom is -0.271 e. The molecule has 2 aliphatic rings. The fourth-order valence-corrected chi connectivity index (χ4v) is 8.36. The van der Waals surface area contributed by atoms with E-state index < -0.39 is 0 Å². The van der Waals surface area contributed by atoms with Crippen molar-refractivity contribution in [3.63, 3.8) is 0 Å². The first kappa shape index (κ1) is 31.1. The quantitative estimate of drug-likeness (QED) is 0.0570. The molecule has 7 heteroatoms. The second-order valence-electron chi connectivity index (χ2n) is 13.6. The van der Waals surface area contributed by atoms with Gasteiger partial charge < -0.3 is 0 Å². The van der Waals surface area contributed by atoms with Crippen LogP contribution in [-0.4, -0.2) is 39.6 Å². The number of hydrogen-bond donors (Lipinski definition) is 0. The topological polar surface area (TPSA) is 87.7 Å². The normalized spacial score (nSPS) is 14.6. The maximum atomic E-state index is 14.4. The van der Waals surface area contributed by atoms with E-state index in [2.05, 4.69) is 18.8 Å². The minimum atomic E-state index is -0.376. The molecule has 7 nitrogen and oxygen atoms in total. The highest BCUT2D eigenvalue weighted by Gasteiger charge is 2.39. The van der Waals surface area contributed by atoms with E-state index in [4.69, 9.17) is 0 Å². The molecule has 0 radical (unpaired) electrons. The van der Waals surface area contributed by atoms with Crippen LogP contribution >= 0.6 is 0 Å². The molecule has 0 aliphatic carbocycles. The molecule has 246 valence electrons. The van der Waals surface area contributed by atoms with E-state index in [0.717, 1.165) is 96.5 Å². The summed E-state index contributed by atoms with van der Waals surface area (Å²) >= 11 is 0. The van der Waals surface area contributed by atoms with Gasteiger partial charge in [-0.2, -0.15) is 0 Å². The molecule has 0 spiro atoms. The van der Waals surface area contributed by atoms with Crippen LogP contribution in [0.5, 0.6) is 0 Å². The first-order chi connectivity index (χ1) is 24.0. The number of fused-ring (bicyclic) bond motifs is 2. The Kier molecular flexibility index (Phi) is 7.86. The zero-order valence-electron chi connectivity index (χ0n) is 28.1. The lowest BCUT2D eigenvalue weighted by Gasteiger charge is -2.35. The number of hydrogen-bond acceptors (Lipinski definition) is 5. The maximum Gasteiger partial charge on any atom is 0.265 e. The summed E-state index contributed by atoms with van der Waals surface area (Å²) < 4.78 is 0. The number of nitrogens with zero attached hydrogens (tertiary/aromatic N) is 3. The van der Waals surface area contributed by atoms with E-state index in [-0.39, 0.29) is 29.7 Å². The van der Waals surface area contributed by atoms with E-state index in [1.807, 2.05) is 36.4 Å². The fourth-order valence-electron chi connectivity index (χ4n) is 8.36. The monoisotopic (exact) mass is 649 g/mol. The molecule has 1 aromatic heterocycles. The SMILES string of the molecule is CCCCCCC(CCCCCC)N1C(=O)c2ccc3c4ccc5c6c(ccc(c7ccc(c2c37)C1=O)c64)C(=O)N(c1ccncc1)C5=O. The number of benzene rings is 5. The van der Waals surface area contributed by atoms with Crippen molar-refractivity contribution in [2.45, 2.75) is 84.1 Å². The Hall–Kier alpha value is -5.17. The summed E-state index contributed by atoms with van der Waals surface area (Å²) in [4.78, 5) is 63.3. The third kappa shape index (κ3) is 4.73. The standard InChI is InChI=1S/C42H39N3O4/c1-3-5-7-9-11-25(12-10-8-6-4-2)44-39(46)31-17-13-27-29-15-19-33-38-34(42(49)45(41(33)48)26-21-23-43-24-22-26)20-16-30(36(29)38)28-14-18-32(40(44)47)37(31)35(27)28/h13-25H,3-12H2,1-2H3. The molecule has 8 rings (SSSR count). The predicted octanol–water partition coefficient (Wildman–Crippen LogP) is 9.84. The fraction of sp³-hybridized carbons (Fsp3) is 0.310. The number of rotatable bonds is 12. The van der Waals surface area contributed by atoms with Gasteiger partial charge in [-0.15, -0.1) is 0 Å². The maximum absolute atomic E-state index is 14.4. The Bertz CT molecular complexity index is 2180. The third-order valence-corrected chi connectivity index (χ3v) is 10.7. The number of amides is 4. The molecule has 6 aromatic rings. The number of carbonyl (C=O) groups excluding carboxylic acids is 4. The summed E-state index contributed by atoms with van der Waals surface area (Å²) in [5, 5.41) is 6.63. The minimum absolute atomic E-state index is 0.122. The summed E-state index contributed by atoms with van der Waals surface area (Å²) in [5.41, 5.74) is 2.53. The Morgan fingerprint density at radius 2 is 0.898 bits per heavy atom. The van der Waals surface area contributed by atoms with Crippen LogP contribution in [0.1, 0.15) is 119 Å². The van der Waals surface area contributed by atoms with Crippen LogP contribution in [0.25, 0.3) is 43.1 Å². The van der Waals surface area contributed by atoms with Gasteiger partial charge in [0.25, 0.3) is 23.6 Å². The molecule has 0 saturated heterocycles. The molecule has 4 amide bonds. The number of carbonyl (C=O) groups is 4. The van der Waals surface area contributed by atoms with Crippen molar-refractivity contribution in [1.29, 1.82) is 0 Å². The Balaban J connectivity index is 1.27. The Labute approximate surface area is 285 Å². The average molecular weight is 650 g/mol. The van der Waals surface area contributed by atoms with Gasteiger partial charge in [0.2, 0.25) is 0 Å². The molecule has 0 saturated carbocycles. The molecule has 5 aromatic carbocycles. The van der Waals surface area contributed by atoms with Crippen LogP contribution in [0.4, 0.5) is 5.69 Å². The molecule has 49 heavy (non-hydrogen) atoms. The zero-order chi connectivity index (χ0) is 33.8. The zero-order valence-corrected chi connectivity index (χ0v) is 28.1. The second-order valence-corrected chi connectivity index (χ2v) is 13.6. The van der Waals surface area contributed by atoms with Gasteiger partial charge in [0.15, 0.2) is 0 Å². The van der Waals surface area contributed by atoms with E-state index in [9.17, 15) is 19.2 Å². The van der Waals surface area contributed by atoms with Gasteiger partial charge in [-0.05, 0) is 81.6 Å². The number of aromatic nitrogens is 1. The van der Waals surface area contributed by atoms with Crippen molar-refractivity contribution in [2.24, 2.45) is 0 Å². The molecular weight excluding hydrogens is 610 g/mol. The molecule has 0 unspecified atom stereocenters. The summed E-state index contributed by atoms with van der Waals surface area (Å²) in [7, 11) is 0. The number of pyridine rings is 1. The van der Waals surface area contributed by atoms with E-state index in [1.54, 1.807) is 41.6 Å². The first-order valence-corrected chi connectivity index (χ1v) is 17.8. The van der Waals surface area contributed by atoms with Crippen molar-refractivity contribution in [2.75, 3.05) is 4.90 Å². The van der Waals surface area contributed by atoms with Gasteiger partial charge in [0.1, 0.15) is 0 Å². The van der Waals surface area contributed by atoms with Crippen molar-refractivity contribution >= 4 is 72.4 Å². The molecule has 0 N–H and O–H groups in total. The summed E-state index contributed by atoms with van der Waals surface area (Å²) in [6.07, 6.45) is 13.6. The van der Waals surface area contributed by atoms with Crippen molar-refractivity contribution < 1.29 is 19.2 Å². The number of unbranched alkanes of at least 4 members (excludes halogenated alkanes) is 6. The number of anilines is 1. The molecule has 0 bridgehead atoms. The molecule has 2 aliphatic heterocycles. The van der Waals surface area contributed by atoms with Crippen LogP contribution in [0.3, 0.4) is 0 Å². The smallest absolute Gasteiger partial charge is 0.265 e. The van der Waals surface area contributed by atoms with Gasteiger partial charge in [0.05, 0.1) is 5.69 Å². The predicted molar refractivity (Wildman–Crippen MR) is 195 cm³/mol. The van der Waals surface area contributed by atoms with Crippen LogP contribution in [0.15, 0.2) is 73.1 Å². The first-order valence-electron chi connectivity index (χ1n) is 17.8. The van der Waals surface area contributed by atoms with Gasteiger partial charge in [0, 0.05) is 51.5 Å². The third-order valence-electron chi connectivity index (χ3n) is 10.7. The second kappa shape index (κ2) is 12.4. The van der Waals surface area contributed by atoms with Crippen LogP contribution in [0, 0.1) is 0 Å². The van der Waals surface area contributed by atoms with Crippen LogP contribution < -0.4 is 4.90 Å². The van der Waals surface area contributed by atoms with Gasteiger partial charge >= 0.3 is 0 Å². The lowest BCUT2D eigenvalue weighted by atomic mass is 9.82.